The molecule has 9 rings (SSSR count). The van der Waals surface area contributed by atoms with Gasteiger partial charge < -0.3 is 9.47 Å². The Morgan fingerprint density at radius 1 is 0.431 bits per heavy atom. The normalized spacial score (nSPS) is 13.7. The Kier molecular flexibility index (Phi) is 14.1. The van der Waals surface area contributed by atoms with Crippen molar-refractivity contribution in [3.63, 3.8) is 0 Å². The maximum absolute atomic E-state index is 14.7. The number of thioether (sulfide) groups is 1. The van der Waals surface area contributed by atoms with Crippen molar-refractivity contribution in [3.8, 4) is 33.4 Å². The van der Waals surface area contributed by atoms with Crippen LogP contribution in [0, 0.1) is 5.41 Å². The fourth-order valence-electron chi connectivity index (χ4n) is 11.2. The summed E-state index contributed by atoms with van der Waals surface area (Å²) >= 11 is 1.89. The van der Waals surface area contributed by atoms with E-state index in [1.807, 2.05) is 36.0 Å². The SMILES string of the molecule is CSCCCCCCCC(CCC(=O)OCC1c2ccccc2-c2ccccc21)(CCC(=O)OCC1c2ccccc2-c2ccccc21)CCC(=O)C1c2ccccc2-c2ccccc21. The minimum absolute atomic E-state index is 0.0226. The number of unbranched alkanes of at least 4 members (excludes halogenated alkanes) is 4. The zero-order chi connectivity index (χ0) is 44.6. The lowest BCUT2D eigenvalue weighted by atomic mass is 9.70. The first kappa shape index (κ1) is 44.5. The molecule has 0 bridgehead atoms. The molecule has 0 heterocycles. The van der Waals surface area contributed by atoms with Gasteiger partial charge in [0.05, 0.1) is 5.92 Å². The molecule has 0 unspecified atom stereocenters. The smallest absolute Gasteiger partial charge is 0.305 e. The zero-order valence-electron chi connectivity index (χ0n) is 37.6. The molecular weight excluding hydrogens is 821 g/mol. The minimum Gasteiger partial charge on any atom is -0.465 e. The first-order chi connectivity index (χ1) is 31.9. The minimum atomic E-state index is -0.441. The van der Waals surface area contributed by atoms with Crippen molar-refractivity contribution in [2.75, 3.05) is 25.2 Å². The maximum atomic E-state index is 14.7. The van der Waals surface area contributed by atoms with Gasteiger partial charge in [-0.15, -0.1) is 0 Å². The Balaban J connectivity index is 0.935. The number of hydrogen-bond acceptors (Lipinski definition) is 6. The summed E-state index contributed by atoms with van der Waals surface area (Å²) in [6, 6.07) is 50.2. The molecular formula is C59H60O5S. The van der Waals surface area contributed by atoms with E-state index in [2.05, 4.69) is 128 Å². The van der Waals surface area contributed by atoms with E-state index in [4.69, 9.17) is 9.47 Å². The highest BCUT2D eigenvalue weighted by atomic mass is 32.2. The number of rotatable bonds is 22. The number of carbonyl (C=O) groups excluding carboxylic acids is 3. The zero-order valence-corrected chi connectivity index (χ0v) is 38.5. The summed E-state index contributed by atoms with van der Waals surface area (Å²) < 4.78 is 12.4. The topological polar surface area (TPSA) is 69.7 Å². The third kappa shape index (κ3) is 9.65. The third-order valence-corrected chi connectivity index (χ3v) is 15.3. The van der Waals surface area contributed by atoms with Crippen molar-refractivity contribution in [1.82, 2.24) is 0 Å². The first-order valence-corrected chi connectivity index (χ1v) is 25.2. The van der Waals surface area contributed by atoms with Gasteiger partial charge in [-0.2, -0.15) is 11.8 Å². The average Bonchev–Trinajstić information content (AvgIpc) is 3.98. The molecule has 0 aromatic heterocycles. The van der Waals surface area contributed by atoms with Crippen molar-refractivity contribution in [3.05, 3.63) is 179 Å². The quantitative estimate of drug-likeness (QED) is 0.0500. The van der Waals surface area contributed by atoms with Gasteiger partial charge in [0, 0.05) is 31.1 Å². The molecule has 65 heavy (non-hydrogen) atoms. The summed E-state index contributed by atoms with van der Waals surface area (Å²) in [4.78, 5) is 42.6. The summed E-state index contributed by atoms with van der Waals surface area (Å²) in [6.45, 7) is 0.545. The van der Waals surface area contributed by atoms with E-state index in [-0.39, 0.29) is 61.5 Å². The molecule has 6 aromatic carbocycles. The van der Waals surface area contributed by atoms with Crippen LogP contribution in [-0.2, 0) is 23.9 Å². The molecule has 3 aliphatic rings. The second-order valence-electron chi connectivity index (χ2n) is 18.4. The highest BCUT2D eigenvalue weighted by molar-refractivity contribution is 7.98. The summed E-state index contributed by atoms with van der Waals surface area (Å²) in [5, 5.41) is 0. The van der Waals surface area contributed by atoms with Crippen molar-refractivity contribution in [2.45, 2.75) is 94.8 Å². The number of benzene rings is 6. The Labute approximate surface area is 389 Å². The predicted octanol–water partition coefficient (Wildman–Crippen LogP) is 14.1. The lowest BCUT2D eigenvalue weighted by Gasteiger charge is -2.34. The van der Waals surface area contributed by atoms with Crippen LogP contribution in [0.15, 0.2) is 146 Å². The van der Waals surface area contributed by atoms with Gasteiger partial charge in [0.1, 0.15) is 19.0 Å². The number of Topliss-reactive ketones (excluding diaryl/α,β-unsaturated/α-hetero) is 1. The number of ketones is 1. The number of esters is 2. The molecule has 0 fully saturated rings. The summed E-state index contributed by atoms with van der Waals surface area (Å²) in [5.74, 6) is 0.502. The molecule has 0 N–H and O–H groups in total. The Bertz CT molecular complexity index is 2390. The van der Waals surface area contributed by atoms with Crippen LogP contribution in [0.1, 0.15) is 128 Å². The van der Waals surface area contributed by atoms with Crippen molar-refractivity contribution < 1.29 is 23.9 Å². The van der Waals surface area contributed by atoms with Crippen LogP contribution in [0.25, 0.3) is 33.4 Å². The number of hydrogen-bond donors (Lipinski definition) is 0. The Morgan fingerprint density at radius 3 is 1.18 bits per heavy atom. The van der Waals surface area contributed by atoms with Crippen LogP contribution in [0.4, 0.5) is 0 Å². The van der Waals surface area contributed by atoms with Crippen LogP contribution in [0.2, 0.25) is 0 Å². The molecule has 0 radical (unpaired) electrons. The fourth-order valence-corrected chi connectivity index (χ4v) is 11.7. The Hall–Kier alpha value is -5.72. The largest absolute Gasteiger partial charge is 0.465 e. The average molecular weight is 881 g/mol. The highest BCUT2D eigenvalue weighted by Gasteiger charge is 2.38. The van der Waals surface area contributed by atoms with Gasteiger partial charge in [0.25, 0.3) is 0 Å². The molecule has 0 aliphatic heterocycles. The molecule has 0 spiro atoms. The van der Waals surface area contributed by atoms with Gasteiger partial charge in [0.15, 0.2) is 0 Å². The van der Waals surface area contributed by atoms with Crippen LogP contribution < -0.4 is 0 Å². The Morgan fingerprint density at radius 2 is 0.769 bits per heavy atom. The second-order valence-corrected chi connectivity index (χ2v) is 19.4. The molecule has 0 saturated heterocycles. The fraction of sp³-hybridized carbons (Fsp3) is 0.339. The van der Waals surface area contributed by atoms with Crippen LogP contribution in [0.3, 0.4) is 0 Å². The summed E-state index contributed by atoms with van der Waals surface area (Å²) in [5.41, 5.74) is 13.5. The lowest BCUT2D eigenvalue weighted by Crippen LogP contribution is -2.27. The predicted molar refractivity (Wildman–Crippen MR) is 264 cm³/mol. The molecule has 332 valence electrons. The third-order valence-electron chi connectivity index (χ3n) is 14.6. The van der Waals surface area contributed by atoms with E-state index in [9.17, 15) is 14.4 Å². The van der Waals surface area contributed by atoms with E-state index in [0.29, 0.717) is 25.7 Å². The number of fused-ring (bicyclic) bond motifs is 9. The second kappa shape index (κ2) is 20.6. The molecule has 3 aliphatic carbocycles. The van der Waals surface area contributed by atoms with Crippen LogP contribution in [-0.4, -0.2) is 42.9 Å². The molecule has 5 nitrogen and oxygen atoms in total. The summed E-state index contributed by atoms with van der Waals surface area (Å²) in [7, 11) is 0. The van der Waals surface area contributed by atoms with Gasteiger partial charge in [-0.3, -0.25) is 14.4 Å². The van der Waals surface area contributed by atoms with Crippen LogP contribution >= 0.6 is 11.8 Å². The van der Waals surface area contributed by atoms with E-state index in [0.717, 1.165) is 47.9 Å². The molecule has 6 aromatic rings. The molecule has 0 atom stereocenters. The molecule has 0 amide bonds. The summed E-state index contributed by atoms with van der Waals surface area (Å²) in [6.07, 6.45) is 11.0. The number of ether oxygens (including phenoxy) is 2. The van der Waals surface area contributed by atoms with E-state index >= 15 is 0 Å². The van der Waals surface area contributed by atoms with E-state index in [1.54, 1.807) is 0 Å². The van der Waals surface area contributed by atoms with Gasteiger partial charge in [-0.1, -0.05) is 171 Å². The lowest BCUT2D eigenvalue weighted by molar-refractivity contribution is -0.145. The first-order valence-electron chi connectivity index (χ1n) is 23.8. The number of carbonyl (C=O) groups is 3. The van der Waals surface area contributed by atoms with Gasteiger partial charge in [0.2, 0.25) is 0 Å². The molecule has 6 heteroatoms. The van der Waals surface area contributed by atoms with Gasteiger partial charge >= 0.3 is 11.9 Å². The van der Waals surface area contributed by atoms with Crippen LogP contribution in [0.5, 0.6) is 0 Å². The maximum Gasteiger partial charge on any atom is 0.305 e. The monoisotopic (exact) mass is 880 g/mol. The van der Waals surface area contributed by atoms with Crippen molar-refractivity contribution >= 4 is 29.5 Å². The van der Waals surface area contributed by atoms with Gasteiger partial charge in [-0.05, 0) is 116 Å². The van der Waals surface area contributed by atoms with Gasteiger partial charge in [-0.25, -0.2) is 0 Å². The van der Waals surface area contributed by atoms with E-state index < -0.39 is 5.41 Å². The molecule has 0 saturated carbocycles. The highest BCUT2D eigenvalue weighted by Crippen LogP contribution is 2.49. The van der Waals surface area contributed by atoms with Crippen molar-refractivity contribution in [1.29, 1.82) is 0 Å². The van der Waals surface area contributed by atoms with Crippen molar-refractivity contribution in [2.24, 2.45) is 5.41 Å². The standard InChI is InChI=1S/C59H60O5S/c1-65-38-18-4-2-3-17-34-59(35-31-55(60)58-51-29-15-13-23-45(51)46-24-14-16-30-52(46)58,36-32-56(61)63-39-53-47-25-9-5-19-41(47)42-20-6-10-26-48(42)53)37-33-57(62)64-40-54-49-27-11-7-21-43(49)44-22-8-12-28-50(44)54/h5-16,19-30,53-54,58H,2-4,17-18,31-40H2,1H3. The van der Waals surface area contributed by atoms with E-state index in [1.165, 1.54) is 63.1 Å².